The smallest absolute Gasteiger partial charge is 0.169 e. The van der Waals surface area contributed by atoms with Gasteiger partial charge in [0, 0.05) is 29.5 Å². The third-order valence-electron chi connectivity index (χ3n) is 13.7. The maximum absolute atomic E-state index is 11.2. The first-order chi connectivity index (χ1) is 25.6. The van der Waals surface area contributed by atoms with Gasteiger partial charge in [-0.25, -0.2) is 0 Å². The zero-order valence-electron chi connectivity index (χ0n) is 29.9. The summed E-state index contributed by atoms with van der Waals surface area (Å²) in [5, 5.41) is 68.0. The van der Waals surface area contributed by atoms with Crippen LogP contribution in [0.4, 0.5) is 0 Å². The number of rotatable bonds is 8. The molecule has 4 bridgehead atoms. The number of aliphatic hydroxyl groups is 1. The molecule has 3 aliphatic carbocycles. The van der Waals surface area contributed by atoms with Crippen LogP contribution >= 0.6 is 0 Å². The van der Waals surface area contributed by atoms with E-state index in [9.17, 15) is 30.6 Å². The lowest BCUT2D eigenvalue weighted by atomic mass is 9.47. The van der Waals surface area contributed by atoms with Gasteiger partial charge in [0.2, 0.25) is 0 Å². The van der Waals surface area contributed by atoms with E-state index in [1.807, 2.05) is 0 Å². The number of phenols is 5. The van der Waals surface area contributed by atoms with Crippen LogP contribution in [0.25, 0.3) is 22.9 Å². The van der Waals surface area contributed by atoms with Crippen molar-refractivity contribution >= 4 is 22.9 Å². The Morgan fingerprint density at radius 3 is 2.34 bits per heavy atom. The monoisotopic (exact) mass is 715 g/mol. The largest absolute Gasteiger partial charge is 0.507 e. The summed E-state index contributed by atoms with van der Waals surface area (Å²) in [5.41, 5.74) is 4.07. The van der Waals surface area contributed by atoms with Crippen LogP contribution in [0, 0.1) is 23.2 Å². The molecule has 4 fully saturated rings. The van der Waals surface area contributed by atoms with Crippen molar-refractivity contribution in [2.45, 2.75) is 94.6 Å². The molecule has 0 unspecified atom stereocenters. The Balaban J connectivity index is 0.917. The molecule has 2 heterocycles. The van der Waals surface area contributed by atoms with Crippen LogP contribution in [-0.2, 0) is 24.1 Å². The van der Waals surface area contributed by atoms with E-state index in [2.05, 4.69) is 41.7 Å². The second-order valence-electron chi connectivity index (χ2n) is 16.5. The van der Waals surface area contributed by atoms with Gasteiger partial charge in [-0.1, -0.05) is 66.8 Å². The fourth-order valence-electron chi connectivity index (χ4n) is 11.1. The highest BCUT2D eigenvalue weighted by Gasteiger charge is 2.67. The number of phenolic OH excluding ortho intramolecular Hbond substituents is 5. The zero-order chi connectivity index (χ0) is 36.5. The third-order valence-corrected chi connectivity index (χ3v) is 13.7. The molecule has 2 aliphatic heterocycles. The summed E-state index contributed by atoms with van der Waals surface area (Å²) in [6.45, 7) is 0.766. The van der Waals surface area contributed by atoms with E-state index in [0.717, 1.165) is 50.6 Å². The molecule has 5 aliphatic rings. The van der Waals surface area contributed by atoms with Crippen molar-refractivity contribution in [2.24, 2.45) is 23.2 Å². The van der Waals surface area contributed by atoms with Crippen molar-refractivity contribution in [1.82, 2.24) is 5.32 Å². The van der Waals surface area contributed by atoms with E-state index in [0.29, 0.717) is 58.7 Å². The minimum atomic E-state index is -0.357. The minimum absolute atomic E-state index is 0.0881. The molecule has 2 saturated heterocycles. The van der Waals surface area contributed by atoms with Crippen LogP contribution in [0.1, 0.15) is 79.2 Å². The van der Waals surface area contributed by atoms with Crippen molar-refractivity contribution in [1.29, 1.82) is 0 Å². The van der Waals surface area contributed by atoms with E-state index in [1.54, 1.807) is 30.4 Å². The number of aromatic hydroxyl groups is 5. The van der Waals surface area contributed by atoms with Gasteiger partial charge in [0.25, 0.3) is 0 Å². The van der Waals surface area contributed by atoms with Crippen molar-refractivity contribution in [3.8, 4) is 28.7 Å². The molecule has 0 amide bonds. The molecular formula is C45H49NO7. The molecule has 7 N–H and O–H groups in total. The zero-order valence-corrected chi connectivity index (χ0v) is 29.9. The van der Waals surface area contributed by atoms with E-state index in [-0.39, 0.29) is 57.4 Å². The summed E-state index contributed by atoms with van der Waals surface area (Å²) in [6, 6.07) is 18.4. The second-order valence-corrected chi connectivity index (χ2v) is 16.5. The molecule has 276 valence electrons. The summed E-state index contributed by atoms with van der Waals surface area (Å²) >= 11 is 0. The Bertz CT molecular complexity index is 2110. The number of hydrogen-bond donors (Lipinski definition) is 7. The first-order valence-electron chi connectivity index (χ1n) is 19.4. The summed E-state index contributed by atoms with van der Waals surface area (Å²) in [6.07, 6.45) is 18.1. The van der Waals surface area contributed by atoms with Gasteiger partial charge in [-0.05, 0) is 122 Å². The van der Waals surface area contributed by atoms with E-state index in [1.165, 1.54) is 36.6 Å². The van der Waals surface area contributed by atoms with Crippen LogP contribution in [0.5, 0.6) is 28.7 Å². The van der Waals surface area contributed by atoms with Gasteiger partial charge >= 0.3 is 0 Å². The highest BCUT2D eigenvalue weighted by molar-refractivity contribution is 6.03. The summed E-state index contributed by atoms with van der Waals surface area (Å²) in [7, 11) is 0. The second kappa shape index (κ2) is 13.1. The fraction of sp³-hybridized carbons (Fsp3) is 0.422. The first-order valence-corrected chi connectivity index (χ1v) is 19.4. The molecule has 0 aromatic heterocycles. The Hall–Kier alpha value is -4.50. The average Bonchev–Trinajstić information content (AvgIpc) is 3.55. The Kier molecular flexibility index (Phi) is 8.48. The van der Waals surface area contributed by atoms with Crippen molar-refractivity contribution in [3.63, 3.8) is 0 Å². The van der Waals surface area contributed by atoms with Gasteiger partial charge in [0.05, 0.1) is 23.2 Å². The number of fused-ring (bicyclic) bond motifs is 4. The van der Waals surface area contributed by atoms with Crippen LogP contribution in [0.3, 0.4) is 0 Å². The van der Waals surface area contributed by atoms with Crippen molar-refractivity contribution in [3.05, 3.63) is 101 Å². The summed E-state index contributed by atoms with van der Waals surface area (Å²) < 4.78 is 7.22. The van der Waals surface area contributed by atoms with E-state index < -0.39 is 0 Å². The first kappa shape index (κ1) is 34.3. The number of nitrogens with one attached hydrogen (secondary N) is 1. The van der Waals surface area contributed by atoms with Crippen LogP contribution in [0.15, 0.2) is 72.8 Å². The number of benzene rings is 4. The van der Waals surface area contributed by atoms with Gasteiger partial charge in [-0.15, -0.1) is 0 Å². The highest BCUT2D eigenvalue weighted by atomic mass is 16.5. The lowest BCUT2D eigenvalue weighted by Crippen LogP contribution is -2.69. The van der Waals surface area contributed by atoms with Gasteiger partial charge in [-0.3, -0.25) is 0 Å². The van der Waals surface area contributed by atoms with Gasteiger partial charge < -0.3 is 40.7 Å². The predicted octanol–water partition coefficient (Wildman–Crippen LogP) is 7.85. The molecule has 8 atom stereocenters. The number of aryl methyl sites for hydroxylation is 1. The van der Waals surface area contributed by atoms with E-state index in [4.69, 9.17) is 4.74 Å². The summed E-state index contributed by atoms with van der Waals surface area (Å²) in [5.74, 6) is 0.410. The minimum Gasteiger partial charge on any atom is -0.507 e. The molecule has 9 rings (SSSR count). The highest BCUT2D eigenvalue weighted by Crippen LogP contribution is 2.67. The lowest BCUT2D eigenvalue weighted by Gasteiger charge is -2.67. The maximum Gasteiger partial charge on any atom is 0.169 e. The molecule has 8 heteroatoms. The average molecular weight is 716 g/mol. The third kappa shape index (κ3) is 5.77. The molecule has 53 heavy (non-hydrogen) atoms. The van der Waals surface area contributed by atoms with Crippen molar-refractivity contribution < 1.29 is 35.4 Å². The number of aliphatic hydroxyl groups excluding tert-OH is 1. The molecule has 2 saturated carbocycles. The van der Waals surface area contributed by atoms with Gasteiger partial charge in [0.1, 0.15) is 5.75 Å². The molecular weight excluding hydrogens is 666 g/mol. The molecule has 4 aromatic carbocycles. The topological polar surface area (TPSA) is 143 Å². The molecule has 8 nitrogen and oxygen atoms in total. The van der Waals surface area contributed by atoms with Gasteiger partial charge in [0.15, 0.2) is 23.0 Å². The fourth-order valence-corrected chi connectivity index (χ4v) is 11.1. The molecule has 4 aromatic rings. The maximum atomic E-state index is 11.2. The normalized spacial score (nSPS) is 31.5. The Labute approximate surface area is 310 Å². The van der Waals surface area contributed by atoms with Crippen LogP contribution < -0.4 is 5.32 Å². The standard InChI is InChI=1S/C45H49NO7/c47-32-17-19-44(24-32)18-16-29-11-12-30-21-36(29)45(44)23-31(22-40(30)53-45)46-25-28-6-4-26(5-7-28)8-14-35-33(13-9-27-10-15-37(48)39(50)20-27)34-2-1-3-38(49)41(34)43(52)42(35)51/h1-7,9-13,15,20,29-32,36,40,46-52H,8,14,16-19,21-25H2/b13-9-/t29-,30+,31+,32+,36+,40-,44+,45+/m0/s1. The summed E-state index contributed by atoms with van der Waals surface area (Å²) in [4.78, 5) is 0. The number of hydrogen-bond acceptors (Lipinski definition) is 8. The SMILES string of the molecule is Oc1ccc(/C=C\c2c(CCc3ccc(CN[C@@H]4C[C@@H]5O[C@]6(C4)[C@@H]4C[C@H]5C=C[C@H]4CC[C@]64CC[C@@H](O)C4)cc3)c(O)c(O)c3c(O)cccc23)cc1O. The van der Waals surface area contributed by atoms with E-state index >= 15 is 0 Å². The number of ether oxygens (including phenoxy) is 1. The Morgan fingerprint density at radius 1 is 0.755 bits per heavy atom. The van der Waals surface area contributed by atoms with Crippen LogP contribution in [-0.4, -0.2) is 54.5 Å². The van der Waals surface area contributed by atoms with Crippen molar-refractivity contribution in [2.75, 3.05) is 0 Å². The lowest BCUT2D eigenvalue weighted by molar-refractivity contribution is -0.291. The number of allylic oxidation sites excluding steroid dienone is 1. The van der Waals surface area contributed by atoms with Gasteiger partial charge in [-0.2, -0.15) is 0 Å². The quantitative estimate of drug-likeness (QED) is 0.0556. The van der Waals surface area contributed by atoms with Crippen LogP contribution in [0.2, 0.25) is 0 Å². The Morgan fingerprint density at radius 2 is 1.55 bits per heavy atom. The molecule has 2 spiro atoms. The molecule has 0 radical (unpaired) electrons. The predicted molar refractivity (Wildman–Crippen MR) is 205 cm³/mol.